The van der Waals surface area contributed by atoms with Crippen LogP contribution in [0.4, 0.5) is 0 Å². The van der Waals surface area contributed by atoms with E-state index in [1.165, 1.54) is 0 Å². The SMILES string of the molecule is CC.[CH2-]CN(C)C.[CH3-].[Y]. The predicted molar refractivity (Wildman–Crippen MR) is 41.7 cm³/mol. The molecule has 1 radical (unpaired) electrons. The van der Waals surface area contributed by atoms with Crippen LogP contribution in [0.5, 0.6) is 0 Å². The molecule has 1 nitrogen and oxygen atoms in total. The Hall–Kier alpha value is 1.06. The topological polar surface area (TPSA) is 3.24 Å². The number of nitrogens with zero attached hydrogens (tertiary/aromatic N) is 1. The van der Waals surface area contributed by atoms with E-state index >= 15 is 0 Å². The van der Waals surface area contributed by atoms with Gasteiger partial charge in [0.05, 0.1) is 0 Å². The van der Waals surface area contributed by atoms with Gasteiger partial charge in [-0.05, 0) is 14.1 Å². The predicted octanol–water partition coefficient (Wildman–Crippen LogP) is 1.86. The first kappa shape index (κ1) is 22.5. The Labute approximate surface area is 86.1 Å². The van der Waals surface area contributed by atoms with Gasteiger partial charge < -0.3 is 19.3 Å². The molecule has 9 heavy (non-hydrogen) atoms. The third-order valence-electron chi connectivity index (χ3n) is 0.447. The van der Waals surface area contributed by atoms with Gasteiger partial charge in [0.25, 0.3) is 0 Å². The summed E-state index contributed by atoms with van der Waals surface area (Å²) in [4.78, 5) is 2.01. The first-order valence-corrected chi connectivity index (χ1v) is 2.71. The Morgan fingerprint density at radius 3 is 1.33 bits per heavy atom. The van der Waals surface area contributed by atoms with Crippen LogP contribution in [-0.2, 0) is 32.7 Å². The van der Waals surface area contributed by atoms with Gasteiger partial charge in [0.1, 0.15) is 0 Å². The number of rotatable bonds is 1. The van der Waals surface area contributed by atoms with Gasteiger partial charge in [-0.2, -0.15) is 0 Å². The summed E-state index contributed by atoms with van der Waals surface area (Å²) in [6, 6.07) is 0. The molecule has 0 aromatic carbocycles. The minimum atomic E-state index is 0. The summed E-state index contributed by atoms with van der Waals surface area (Å²) in [5.41, 5.74) is 0. The van der Waals surface area contributed by atoms with E-state index in [1.807, 2.05) is 32.8 Å². The summed E-state index contributed by atoms with van der Waals surface area (Å²) in [7, 11) is 3.99. The molecule has 0 bridgehead atoms. The van der Waals surface area contributed by atoms with Crippen LogP contribution in [0.1, 0.15) is 13.8 Å². The van der Waals surface area contributed by atoms with E-state index in [-0.39, 0.29) is 40.1 Å². The van der Waals surface area contributed by atoms with Crippen molar-refractivity contribution < 1.29 is 32.7 Å². The number of hydrogen-bond acceptors (Lipinski definition) is 1. The van der Waals surface area contributed by atoms with Crippen LogP contribution in [-0.4, -0.2) is 25.5 Å². The molecule has 0 saturated heterocycles. The average molecular weight is 206 g/mol. The fraction of sp³-hybridized carbons (Fsp3) is 0.714. The fourth-order valence-corrected chi connectivity index (χ4v) is 0. The molecule has 0 fully saturated rings. The summed E-state index contributed by atoms with van der Waals surface area (Å²) in [5, 5.41) is 0. The molecule has 0 aliphatic rings. The summed E-state index contributed by atoms with van der Waals surface area (Å²) >= 11 is 0. The van der Waals surface area contributed by atoms with E-state index in [9.17, 15) is 0 Å². The Bertz CT molecular complexity index is 22.9. The largest absolute Gasteiger partial charge is 0.358 e. The van der Waals surface area contributed by atoms with Crippen molar-refractivity contribution in [1.82, 2.24) is 4.90 Å². The molecule has 0 rings (SSSR count). The smallest absolute Gasteiger partial charge is 0 e. The van der Waals surface area contributed by atoms with E-state index in [0.29, 0.717) is 0 Å². The van der Waals surface area contributed by atoms with Crippen molar-refractivity contribution in [2.75, 3.05) is 20.6 Å². The molecule has 0 aromatic rings. The maximum absolute atomic E-state index is 3.61. The van der Waals surface area contributed by atoms with Gasteiger partial charge in [0, 0.05) is 32.7 Å². The van der Waals surface area contributed by atoms with Gasteiger partial charge in [-0.15, -0.1) is 6.54 Å². The normalized spacial score (nSPS) is 6.00. The summed E-state index contributed by atoms with van der Waals surface area (Å²) in [6.07, 6.45) is 0. The van der Waals surface area contributed by atoms with E-state index in [2.05, 4.69) is 6.92 Å². The van der Waals surface area contributed by atoms with Crippen molar-refractivity contribution in [3.05, 3.63) is 14.4 Å². The van der Waals surface area contributed by atoms with E-state index in [0.717, 1.165) is 6.54 Å². The van der Waals surface area contributed by atoms with E-state index < -0.39 is 0 Å². The van der Waals surface area contributed by atoms with Gasteiger partial charge in [0.2, 0.25) is 0 Å². The zero-order valence-corrected chi connectivity index (χ0v) is 10.3. The summed E-state index contributed by atoms with van der Waals surface area (Å²) in [5.74, 6) is 0. The quantitative estimate of drug-likeness (QED) is 0.592. The zero-order chi connectivity index (χ0) is 6.28. The minimum Gasteiger partial charge on any atom is -0.358 e. The maximum atomic E-state index is 3.61. The van der Waals surface area contributed by atoms with Crippen molar-refractivity contribution in [2.24, 2.45) is 0 Å². The van der Waals surface area contributed by atoms with Crippen molar-refractivity contribution in [2.45, 2.75) is 13.8 Å². The third-order valence-corrected chi connectivity index (χ3v) is 0.447. The summed E-state index contributed by atoms with van der Waals surface area (Å²) in [6.45, 7) is 8.50. The van der Waals surface area contributed by atoms with E-state index in [4.69, 9.17) is 0 Å². The molecule has 0 heterocycles. The van der Waals surface area contributed by atoms with Crippen LogP contribution in [0.15, 0.2) is 0 Å². The van der Waals surface area contributed by atoms with Gasteiger partial charge in [0.15, 0.2) is 0 Å². The third kappa shape index (κ3) is 48.2. The first-order chi connectivity index (χ1) is 3.27. The monoisotopic (exact) mass is 206 g/mol. The van der Waals surface area contributed by atoms with E-state index in [1.54, 1.807) is 0 Å². The Balaban J connectivity index is -0.0000000286. The van der Waals surface area contributed by atoms with Crippen LogP contribution in [0.25, 0.3) is 0 Å². The molecule has 0 spiro atoms. The molecular weight excluding hydrogens is 187 g/mol. The molecule has 2 heteroatoms. The van der Waals surface area contributed by atoms with Gasteiger partial charge >= 0.3 is 0 Å². The molecule has 0 atom stereocenters. The average Bonchev–Trinajstić information content (AvgIpc) is 1.73. The molecule has 0 aromatic heterocycles. The van der Waals surface area contributed by atoms with Crippen LogP contribution in [0.3, 0.4) is 0 Å². The van der Waals surface area contributed by atoms with Crippen LogP contribution < -0.4 is 0 Å². The second-order valence-corrected chi connectivity index (χ2v) is 1.30. The molecule has 0 amide bonds. The van der Waals surface area contributed by atoms with Crippen molar-refractivity contribution in [3.8, 4) is 0 Å². The van der Waals surface area contributed by atoms with Crippen LogP contribution in [0, 0.1) is 14.4 Å². The molecular formula is C7H19NY-2. The van der Waals surface area contributed by atoms with Gasteiger partial charge in [-0.1, -0.05) is 13.8 Å². The summed E-state index contributed by atoms with van der Waals surface area (Å²) < 4.78 is 0. The molecule has 0 aliphatic carbocycles. The maximum Gasteiger partial charge on any atom is 0 e. The van der Waals surface area contributed by atoms with Crippen LogP contribution >= 0.6 is 0 Å². The second-order valence-electron chi connectivity index (χ2n) is 1.30. The van der Waals surface area contributed by atoms with Gasteiger partial charge in [-0.3, -0.25) is 0 Å². The molecule has 0 N–H and O–H groups in total. The standard InChI is InChI=1S/C4H10N.C2H6.CH3.Y/c1-4-5(2)3;1-2;;/h1,4H2,2-3H3;1-2H3;1H3;/q-1;;-1;. The van der Waals surface area contributed by atoms with Crippen molar-refractivity contribution in [3.63, 3.8) is 0 Å². The second kappa shape index (κ2) is 23.0. The van der Waals surface area contributed by atoms with Crippen molar-refractivity contribution >= 4 is 0 Å². The first-order valence-electron chi connectivity index (χ1n) is 2.71. The Kier molecular flexibility index (Phi) is 57.4. The fourth-order valence-electron chi connectivity index (χ4n) is 0. The van der Waals surface area contributed by atoms with Gasteiger partial charge in [-0.25, -0.2) is 0 Å². The molecule has 57 valence electrons. The molecule has 0 aliphatic heterocycles. The zero-order valence-electron chi connectivity index (χ0n) is 7.44. The minimum absolute atomic E-state index is 0. The Morgan fingerprint density at radius 1 is 1.22 bits per heavy atom. The van der Waals surface area contributed by atoms with Crippen molar-refractivity contribution in [1.29, 1.82) is 0 Å². The molecule has 0 unspecified atom stereocenters. The molecule has 0 saturated carbocycles. The Morgan fingerprint density at radius 2 is 1.33 bits per heavy atom. The number of hydrogen-bond donors (Lipinski definition) is 0. The van der Waals surface area contributed by atoms with Crippen LogP contribution in [0.2, 0.25) is 0 Å².